The molecule has 7 nitrogen and oxygen atoms in total. The number of rotatable bonds is 4. The molecule has 2 aliphatic heterocycles. The fourth-order valence-electron chi connectivity index (χ4n) is 4.23. The summed E-state index contributed by atoms with van der Waals surface area (Å²) in [7, 11) is 5.37. The summed E-state index contributed by atoms with van der Waals surface area (Å²) in [6.07, 6.45) is 0. The number of aromatic nitrogens is 1. The summed E-state index contributed by atoms with van der Waals surface area (Å²) in [4.78, 5) is 33.6. The molecule has 3 aromatic rings. The van der Waals surface area contributed by atoms with Gasteiger partial charge < -0.3 is 14.5 Å². The predicted molar refractivity (Wildman–Crippen MR) is 145 cm³/mol. The van der Waals surface area contributed by atoms with Gasteiger partial charge >= 0.3 is 0 Å². The van der Waals surface area contributed by atoms with Gasteiger partial charge in [-0.15, -0.1) is 11.3 Å². The Morgan fingerprint density at radius 2 is 1.77 bits per heavy atom. The number of ether oxygens (including phenoxy) is 1. The Morgan fingerprint density at radius 1 is 1.03 bits per heavy atom. The summed E-state index contributed by atoms with van der Waals surface area (Å²) in [5.74, 6) is 0.577. The quantitative estimate of drug-likeness (QED) is 0.486. The van der Waals surface area contributed by atoms with E-state index in [4.69, 9.17) is 17.0 Å². The van der Waals surface area contributed by atoms with Crippen molar-refractivity contribution >= 4 is 62.7 Å². The van der Waals surface area contributed by atoms with Crippen LogP contribution < -0.4 is 24.4 Å². The summed E-state index contributed by atoms with van der Waals surface area (Å²) in [5.41, 5.74) is 2.27. The molecule has 0 bridgehead atoms. The van der Waals surface area contributed by atoms with E-state index < -0.39 is 0 Å². The topological polar surface area (TPSA) is 58.0 Å². The molecule has 35 heavy (non-hydrogen) atoms. The molecule has 10 heteroatoms. The van der Waals surface area contributed by atoms with E-state index >= 15 is 0 Å². The molecule has 1 fully saturated rings. The second kappa shape index (κ2) is 9.18. The number of thiazole rings is 1. The average molecular weight is 525 g/mol. The number of fused-ring (bicyclic) bond motifs is 1. The van der Waals surface area contributed by atoms with Gasteiger partial charge in [-0.3, -0.25) is 19.1 Å². The van der Waals surface area contributed by atoms with Crippen molar-refractivity contribution in [3.05, 3.63) is 73.6 Å². The molecular formula is C25H24N4O3S3. The van der Waals surface area contributed by atoms with Gasteiger partial charge in [-0.25, -0.2) is 0 Å². The molecule has 1 amide bonds. The van der Waals surface area contributed by atoms with Gasteiger partial charge in [0, 0.05) is 31.6 Å². The summed E-state index contributed by atoms with van der Waals surface area (Å²) < 4.78 is 8.29. The minimum Gasteiger partial charge on any atom is -0.497 e. The first kappa shape index (κ1) is 23.7. The molecule has 0 N–H and O–H groups in total. The first-order chi connectivity index (χ1) is 16.8. The van der Waals surface area contributed by atoms with Crippen molar-refractivity contribution in [3.8, 4) is 5.75 Å². The third kappa shape index (κ3) is 3.85. The van der Waals surface area contributed by atoms with E-state index in [-0.39, 0.29) is 11.5 Å². The molecule has 0 unspecified atom stereocenters. The summed E-state index contributed by atoms with van der Waals surface area (Å²) >= 11 is 8.41. The third-order valence-electron chi connectivity index (χ3n) is 6.12. The lowest BCUT2D eigenvalue weighted by Crippen LogP contribution is -2.36. The van der Waals surface area contributed by atoms with Crippen molar-refractivity contribution in [2.24, 2.45) is 0 Å². The number of likely N-dealkylation sites (N-methyl/N-ethyl adjacent to an activating group) is 2. The Balaban J connectivity index is 1.78. The van der Waals surface area contributed by atoms with Crippen LogP contribution in [0.15, 0.2) is 58.2 Å². The highest BCUT2D eigenvalue weighted by Crippen LogP contribution is 2.46. The minimum absolute atomic E-state index is 0.127. The van der Waals surface area contributed by atoms with Crippen LogP contribution in [0.3, 0.4) is 0 Å². The molecule has 0 spiro atoms. The Hall–Kier alpha value is -3.08. The Labute approximate surface area is 216 Å². The van der Waals surface area contributed by atoms with Crippen LogP contribution in [0.5, 0.6) is 5.75 Å². The van der Waals surface area contributed by atoms with Crippen molar-refractivity contribution in [2.45, 2.75) is 18.4 Å². The zero-order chi connectivity index (χ0) is 24.9. The molecule has 2 aliphatic rings. The lowest BCUT2D eigenvalue weighted by atomic mass is 10.2. The lowest BCUT2D eigenvalue weighted by molar-refractivity contribution is -0.120. The third-order valence-corrected chi connectivity index (χ3v) is 9.16. The fourth-order valence-corrected chi connectivity index (χ4v) is 7.04. The fraction of sp³-hybridized carbons (Fsp3) is 0.240. The molecule has 0 atom stereocenters. The SMILES string of the molecule is CCN1C(=O)C(=c2sc(=C3Sc4ccc(OC)cc4N3C)c(=O)n2Cc2ccccc2)N(C)C1=S. The van der Waals surface area contributed by atoms with Gasteiger partial charge in [0.2, 0.25) is 0 Å². The maximum atomic E-state index is 13.9. The highest BCUT2D eigenvalue weighted by Gasteiger charge is 2.37. The number of hydrogen-bond donors (Lipinski definition) is 0. The highest BCUT2D eigenvalue weighted by molar-refractivity contribution is 8.08. The monoisotopic (exact) mass is 524 g/mol. The van der Waals surface area contributed by atoms with E-state index in [0.29, 0.717) is 33.1 Å². The minimum atomic E-state index is -0.180. The normalized spacial score (nSPS) is 18.6. The van der Waals surface area contributed by atoms with Crippen molar-refractivity contribution in [2.75, 3.05) is 32.6 Å². The number of amides is 1. The van der Waals surface area contributed by atoms with E-state index in [1.807, 2.05) is 67.4 Å². The van der Waals surface area contributed by atoms with E-state index in [1.54, 1.807) is 40.3 Å². The summed E-state index contributed by atoms with van der Waals surface area (Å²) in [6.45, 7) is 2.72. The van der Waals surface area contributed by atoms with Crippen molar-refractivity contribution < 1.29 is 9.53 Å². The second-order valence-electron chi connectivity index (χ2n) is 8.15. The van der Waals surface area contributed by atoms with Gasteiger partial charge in [0.25, 0.3) is 11.5 Å². The first-order valence-electron chi connectivity index (χ1n) is 11.1. The average Bonchev–Trinajstić information content (AvgIpc) is 3.43. The highest BCUT2D eigenvalue weighted by atomic mass is 32.2. The lowest BCUT2D eigenvalue weighted by Gasteiger charge is -2.13. The number of carbonyl (C=O) groups is 1. The standard InChI is InChI=1S/C25H24N4O3S3/c1-5-28-21(30)19(27(3)25(28)33)23-29(14-15-9-7-6-8-10-15)22(31)20(35-23)24-26(2)17-13-16(32-4)11-12-18(17)34-24/h6-13H,5,14H2,1-4H3. The molecule has 3 heterocycles. The van der Waals surface area contributed by atoms with Crippen LogP contribution in [0.4, 0.5) is 5.69 Å². The number of nitrogens with zero attached hydrogens (tertiary/aromatic N) is 4. The van der Waals surface area contributed by atoms with E-state index in [2.05, 4.69) is 0 Å². The van der Waals surface area contributed by atoms with E-state index in [1.165, 1.54) is 11.3 Å². The number of methoxy groups -OCH3 is 1. The van der Waals surface area contributed by atoms with Crippen molar-refractivity contribution in [3.63, 3.8) is 0 Å². The number of carbonyl (C=O) groups excluding carboxylic acids is 1. The Kier molecular flexibility index (Phi) is 6.20. The molecule has 2 aromatic carbocycles. The van der Waals surface area contributed by atoms with Crippen LogP contribution in [0.1, 0.15) is 12.5 Å². The maximum absolute atomic E-state index is 13.9. The number of anilines is 1. The first-order valence-corrected chi connectivity index (χ1v) is 13.1. The van der Waals surface area contributed by atoms with Crippen LogP contribution in [0, 0.1) is 0 Å². The van der Waals surface area contributed by atoms with Crippen LogP contribution in [0.2, 0.25) is 0 Å². The molecule has 0 saturated carbocycles. The van der Waals surface area contributed by atoms with Gasteiger partial charge in [-0.05, 0) is 36.8 Å². The van der Waals surface area contributed by atoms with Gasteiger partial charge in [0.05, 0.1) is 19.3 Å². The van der Waals surface area contributed by atoms with Gasteiger partial charge in [0.15, 0.2) is 5.11 Å². The molecular weight excluding hydrogens is 501 g/mol. The van der Waals surface area contributed by atoms with Crippen LogP contribution in [-0.4, -0.2) is 53.1 Å². The predicted octanol–water partition coefficient (Wildman–Crippen LogP) is 2.46. The van der Waals surface area contributed by atoms with Crippen molar-refractivity contribution in [1.82, 2.24) is 14.4 Å². The molecule has 1 saturated heterocycles. The number of benzene rings is 2. The zero-order valence-corrected chi connectivity index (χ0v) is 22.2. The molecule has 0 radical (unpaired) electrons. The largest absolute Gasteiger partial charge is 0.497 e. The summed E-state index contributed by atoms with van der Waals surface area (Å²) in [5, 5.41) is 1.28. The smallest absolute Gasteiger partial charge is 0.279 e. The molecule has 1 aromatic heterocycles. The van der Waals surface area contributed by atoms with Gasteiger partial charge in [-0.1, -0.05) is 42.1 Å². The Bertz CT molecular complexity index is 1530. The van der Waals surface area contributed by atoms with Gasteiger partial charge in [-0.2, -0.15) is 0 Å². The molecule has 180 valence electrons. The molecule has 0 aliphatic carbocycles. The second-order valence-corrected chi connectivity index (χ2v) is 10.5. The molecule has 5 rings (SSSR count). The van der Waals surface area contributed by atoms with Gasteiger partial charge in [0.1, 0.15) is 25.7 Å². The van der Waals surface area contributed by atoms with Crippen molar-refractivity contribution in [1.29, 1.82) is 0 Å². The van der Waals surface area contributed by atoms with E-state index in [0.717, 1.165) is 26.9 Å². The number of thiocarbonyl (C=S) groups is 1. The Morgan fingerprint density at radius 3 is 2.43 bits per heavy atom. The van der Waals surface area contributed by atoms with Crippen LogP contribution in [0.25, 0.3) is 10.7 Å². The maximum Gasteiger partial charge on any atom is 0.279 e. The van der Waals surface area contributed by atoms with Crippen LogP contribution in [-0.2, 0) is 11.3 Å². The number of hydrogen-bond acceptors (Lipinski definition) is 7. The van der Waals surface area contributed by atoms with E-state index in [9.17, 15) is 9.59 Å². The summed E-state index contributed by atoms with van der Waals surface area (Å²) in [6, 6.07) is 15.7. The zero-order valence-electron chi connectivity index (χ0n) is 19.8. The van der Waals surface area contributed by atoms with Crippen LogP contribution >= 0.6 is 35.3 Å². The number of thioether (sulfide) groups is 1.